The molecule has 0 radical (unpaired) electrons. The van der Waals surface area contributed by atoms with Crippen LogP contribution in [0.15, 0.2) is 29.2 Å². The number of carbonyl (C=O) groups is 2. The molecule has 168 valence electrons. The zero-order valence-electron chi connectivity index (χ0n) is 18.6. The molecule has 0 bridgehead atoms. The Morgan fingerprint density at radius 3 is 2.30 bits per heavy atom. The van der Waals surface area contributed by atoms with Gasteiger partial charge in [0.2, 0.25) is 15.9 Å². The van der Waals surface area contributed by atoms with Gasteiger partial charge in [-0.2, -0.15) is 4.31 Å². The first-order valence-corrected chi connectivity index (χ1v) is 12.3. The molecule has 1 aromatic carbocycles. The molecule has 7 nitrogen and oxygen atoms in total. The molecule has 1 aromatic rings. The van der Waals surface area contributed by atoms with Crippen molar-refractivity contribution in [3.05, 3.63) is 29.8 Å². The topological polar surface area (TPSA) is 78.0 Å². The second kappa shape index (κ2) is 10.9. The molecule has 2 amide bonds. The molecule has 0 unspecified atom stereocenters. The maximum Gasteiger partial charge on any atom is 0.253 e. The SMILES string of the molecule is CCCCN(C)C(=O)C1CCN(C(=O)c2cccc(S(=O)(=O)N(CC)CC)c2)CC1. The summed E-state index contributed by atoms with van der Waals surface area (Å²) in [6, 6.07) is 6.26. The van der Waals surface area contributed by atoms with Gasteiger partial charge in [0, 0.05) is 51.3 Å². The minimum absolute atomic E-state index is 0.0507. The van der Waals surface area contributed by atoms with Crippen LogP contribution in [0, 0.1) is 5.92 Å². The van der Waals surface area contributed by atoms with Crippen LogP contribution >= 0.6 is 0 Å². The number of amides is 2. The maximum absolute atomic E-state index is 13.0. The standard InChI is InChI=1S/C22H35N3O4S/c1-5-8-14-23(4)21(26)18-12-15-24(16-13-18)22(27)19-10-9-11-20(17-19)30(28,29)25(6-2)7-3/h9-11,17-18H,5-8,12-16H2,1-4H3. The highest BCUT2D eigenvalue weighted by Crippen LogP contribution is 2.23. The second-order valence-electron chi connectivity index (χ2n) is 7.80. The van der Waals surface area contributed by atoms with Gasteiger partial charge in [-0.25, -0.2) is 8.42 Å². The van der Waals surface area contributed by atoms with Crippen LogP contribution in [0.1, 0.15) is 56.8 Å². The third-order valence-electron chi connectivity index (χ3n) is 5.78. The van der Waals surface area contributed by atoms with Gasteiger partial charge in [-0.1, -0.05) is 33.3 Å². The molecule has 1 aliphatic rings. The third-order valence-corrected chi connectivity index (χ3v) is 7.82. The molecule has 1 fully saturated rings. The molecular formula is C22H35N3O4S. The van der Waals surface area contributed by atoms with Gasteiger partial charge in [-0.05, 0) is 37.5 Å². The molecule has 0 spiro atoms. The van der Waals surface area contributed by atoms with E-state index in [1.165, 1.54) is 16.4 Å². The van der Waals surface area contributed by atoms with Crippen LogP contribution in [0.4, 0.5) is 0 Å². The summed E-state index contributed by atoms with van der Waals surface area (Å²) >= 11 is 0. The zero-order chi connectivity index (χ0) is 22.3. The largest absolute Gasteiger partial charge is 0.346 e. The number of piperidine rings is 1. The molecule has 0 atom stereocenters. The molecule has 30 heavy (non-hydrogen) atoms. The highest BCUT2D eigenvalue weighted by atomic mass is 32.2. The van der Waals surface area contributed by atoms with Crippen molar-refractivity contribution in [2.24, 2.45) is 5.92 Å². The normalized spacial score (nSPS) is 15.4. The van der Waals surface area contributed by atoms with Crippen molar-refractivity contribution in [2.45, 2.75) is 51.3 Å². The van der Waals surface area contributed by atoms with Gasteiger partial charge in [0.05, 0.1) is 4.90 Å². The Balaban J connectivity index is 2.05. The van der Waals surface area contributed by atoms with E-state index in [2.05, 4.69) is 6.92 Å². The van der Waals surface area contributed by atoms with Crippen molar-refractivity contribution in [2.75, 3.05) is 39.8 Å². The minimum atomic E-state index is -3.61. The first kappa shape index (κ1) is 24.3. The highest BCUT2D eigenvalue weighted by Gasteiger charge is 2.30. The minimum Gasteiger partial charge on any atom is -0.346 e. The van der Waals surface area contributed by atoms with Crippen LogP contribution in [0.2, 0.25) is 0 Å². The number of rotatable bonds is 9. The molecule has 0 aliphatic carbocycles. The Kier molecular flexibility index (Phi) is 8.85. The van der Waals surface area contributed by atoms with Gasteiger partial charge in [0.1, 0.15) is 0 Å². The van der Waals surface area contributed by atoms with Crippen molar-refractivity contribution >= 4 is 21.8 Å². The van der Waals surface area contributed by atoms with E-state index >= 15 is 0 Å². The van der Waals surface area contributed by atoms with Gasteiger partial charge < -0.3 is 9.80 Å². The van der Waals surface area contributed by atoms with Crippen LogP contribution in [0.25, 0.3) is 0 Å². The number of likely N-dealkylation sites (tertiary alicyclic amines) is 1. The molecule has 1 saturated heterocycles. The lowest BCUT2D eigenvalue weighted by Gasteiger charge is -2.33. The van der Waals surface area contributed by atoms with Gasteiger partial charge >= 0.3 is 0 Å². The smallest absolute Gasteiger partial charge is 0.253 e. The molecular weight excluding hydrogens is 402 g/mol. The highest BCUT2D eigenvalue weighted by molar-refractivity contribution is 7.89. The molecule has 1 heterocycles. The van der Waals surface area contributed by atoms with Gasteiger partial charge in [0.25, 0.3) is 5.91 Å². The van der Waals surface area contributed by atoms with Crippen LogP contribution in [-0.2, 0) is 14.8 Å². The lowest BCUT2D eigenvalue weighted by Crippen LogP contribution is -2.43. The number of sulfonamides is 1. The fourth-order valence-corrected chi connectivity index (χ4v) is 5.34. The molecule has 1 aliphatic heterocycles. The summed E-state index contributed by atoms with van der Waals surface area (Å²) in [5.74, 6) is -0.0787. The fraction of sp³-hybridized carbons (Fsp3) is 0.636. The van der Waals surface area contributed by atoms with Gasteiger partial charge in [-0.15, -0.1) is 0 Å². The average molecular weight is 438 g/mol. The van der Waals surface area contributed by atoms with Crippen LogP contribution in [0.3, 0.4) is 0 Å². The van der Waals surface area contributed by atoms with E-state index in [0.29, 0.717) is 44.6 Å². The first-order chi connectivity index (χ1) is 14.3. The average Bonchev–Trinajstić information content (AvgIpc) is 2.77. The Morgan fingerprint density at radius 2 is 1.73 bits per heavy atom. The van der Waals surface area contributed by atoms with E-state index in [1.54, 1.807) is 35.8 Å². The first-order valence-electron chi connectivity index (χ1n) is 10.9. The van der Waals surface area contributed by atoms with Crippen LogP contribution in [0.5, 0.6) is 0 Å². The van der Waals surface area contributed by atoms with E-state index in [-0.39, 0.29) is 22.6 Å². The maximum atomic E-state index is 13.0. The summed E-state index contributed by atoms with van der Waals surface area (Å²) in [6.45, 7) is 8.22. The van der Waals surface area contributed by atoms with Crippen molar-refractivity contribution in [1.29, 1.82) is 0 Å². The lowest BCUT2D eigenvalue weighted by atomic mass is 9.95. The van der Waals surface area contributed by atoms with E-state index in [9.17, 15) is 18.0 Å². The summed E-state index contributed by atoms with van der Waals surface area (Å²) in [5, 5.41) is 0. The number of carbonyl (C=O) groups excluding carboxylic acids is 2. The van der Waals surface area contributed by atoms with Gasteiger partial charge in [-0.3, -0.25) is 9.59 Å². The van der Waals surface area contributed by atoms with Crippen molar-refractivity contribution in [1.82, 2.24) is 14.1 Å². The van der Waals surface area contributed by atoms with Crippen molar-refractivity contribution in [3.8, 4) is 0 Å². The van der Waals surface area contributed by atoms with Crippen molar-refractivity contribution in [3.63, 3.8) is 0 Å². The summed E-state index contributed by atoms with van der Waals surface area (Å²) in [7, 11) is -1.77. The summed E-state index contributed by atoms with van der Waals surface area (Å²) in [5.41, 5.74) is 0.369. The second-order valence-corrected chi connectivity index (χ2v) is 9.73. The quantitative estimate of drug-likeness (QED) is 0.595. The molecule has 0 saturated carbocycles. The monoisotopic (exact) mass is 437 g/mol. The third kappa shape index (κ3) is 5.60. The predicted molar refractivity (Wildman–Crippen MR) is 118 cm³/mol. The summed E-state index contributed by atoms with van der Waals surface area (Å²) < 4.78 is 26.9. The lowest BCUT2D eigenvalue weighted by molar-refractivity contribution is -0.135. The molecule has 2 rings (SSSR count). The Morgan fingerprint density at radius 1 is 1.10 bits per heavy atom. The van der Waals surface area contributed by atoms with Crippen LogP contribution < -0.4 is 0 Å². The molecule has 0 N–H and O–H groups in total. The number of hydrogen-bond donors (Lipinski definition) is 0. The van der Waals surface area contributed by atoms with Crippen LogP contribution in [-0.4, -0.2) is 74.1 Å². The predicted octanol–water partition coefficient (Wildman–Crippen LogP) is 2.83. The number of unbranched alkanes of at least 4 members (excludes halogenated alkanes) is 1. The fourth-order valence-electron chi connectivity index (χ4n) is 3.83. The Labute approximate surface area is 181 Å². The van der Waals surface area contributed by atoms with E-state index in [4.69, 9.17) is 0 Å². The summed E-state index contributed by atoms with van der Waals surface area (Å²) in [6.07, 6.45) is 3.32. The Hall–Kier alpha value is -1.93. The zero-order valence-corrected chi connectivity index (χ0v) is 19.5. The number of hydrogen-bond acceptors (Lipinski definition) is 4. The number of nitrogens with zero attached hydrogens (tertiary/aromatic N) is 3. The summed E-state index contributed by atoms with van der Waals surface area (Å²) in [4.78, 5) is 29.2. The molecule has 0 aromatic heterocycles. The number of benzene rings is 1. The molecule has 8 heteroatoms. The van der Waals surface area contributed by atoms with E-state index < -0.39 is 10.0 Å². The van der Waals surface area contributed by atoms with Crippen molar-refractivity contribution < 1.29 is 18.0 Å². The Bertz CT molecular complexity index is 829. The van der Waals surface area contributed by atoms with Gasteiger partial charge in [0.15, 0.2) is 0 Å². The van der Waals surface area contributed by atoms with E-state index in [0.717, 1.165) is 19.4 Å². The van der Waals surface area contributed by atoms with E-state index in [1.807, 2.05) is 7.05 Å².